The summed E-state index contributed by atoms with van der Waals surface area (Å²) >= 11 is 0. The van der Waals surface area contributed by atoms with Crippen LogP contribution in [0.5, 0.6) is 28.7 Å². The second-order valence-electron chi connectivity index (χ2n) is 7.80. The predicted molar refractivity (Wildman–Crippen MR) is 109 cm³/mol. The maximum atomic E-state index is 12.7. The van der Waals surface area contributed by atoms with Gasteiger partial charge < -0.3 is 49.6 Å². The SMILES string of the molecule is COc1ccc(C2CC(=O)c3c(O)cc(O[C@@H]4OC(CO)[C@@H](O)[C@@H](O)C4O)cc3O2)cc1O. The molecule has 1 saturated heterocycles. The van der Waals surface area contributed by atoms with E-state index in [9.17, 15) is 35.4 Å². The lowest BCUT2D eigenvalue weighted by Gasteiger charge is -2.39. The van der Waals surface area contributed by atoms with E-state index < -0.39 is 54.9 Å². The number of methoxy groups -OCH3 is 1. The van der Waals surface area contributed by atoms with Crippen LogP contribution in [-0.4, -0.2) is 80.8 Å². The quantitative estimate of drug-likeness (QED) is 0.351. The molecule has 6 N–H and O–H groups in total. The van der Waals surface area contributed by atoms with Crippen molar-refractivity contribution in [1.82, 2.24) is 0 Å². The summed E-state index contributed by atoms with van der Waals surface area (Å²) in [5, 5.41) is 59.7. The van der Waals surface area contributed by atoms with Crippen LogP contribution in [0.25, 0.3) is 0 Å². The first kappa shape index (κ1) is 23.1. The summed E-state index contributed by atoms with van der Waals surface area (Å²) in [5.74, 6) is -0.733. The third-order valence-electron chi connectivity index (χ3n) is 5.65. The van der Waals surface area contributed by atoms with Gasteiger partial charge in [0.15, 0.2) is 17.3 Å². The summed E-state index contributed by atoms with van der Waals surface area (Å²) in [6.45, 7) is -0.631. The van der Waals surface area contributed by atoms with Gasteiger partial charge in [0.05, 0.1) is 20.1 Å². The number of benzene rings is 2. The fourth-order valence-corrected chi connectivity index (χ4v) is 3.87. The van der Waals surface area contributed by atoms with E-state index in [4.69, 9.17) is 18.9 Å². The lowest BCUT2D eigenvalue weighted by atomic mass is 9.95. The minimum atomic E-state index is -1.65. The zero-order valence-corrected chi connectivity index (χ0v) is 17.5. The molecule has 2 heterocycles. The summed E-state index contributed by atoms with van der Waals surface area (Å²) in [6.07, 6.45) is -8.35. The maximum absolute atomic E-state index is 12.7. The third-order valence-corrected chi connectivity index (χ3v) is 5.65. The van der Waals surface area contributed by atoms with E-state index in [1.807, 2.05) is 0 Å². The molecule has 11 heteroatoms. The Morgan fingerprint density at radius 1 is 1.03 bits per heavy atom. The summed E-state index contributed by atoms with van der Waals surface area (Å²) in [4.78, 5) is 12.7. The van der Waals surface area contributed by atoms with Crippen molar-refractivity contribution in [2.24, 2.45) is 0 Å². The molecule has 178 valence electrons. The molecule has 2 aliphatic heterocycles. The van der Waals surface area contributed by atoms with Crippen molar-refractivity contribution in [2.75, 3.05) is 13.7 Å². The van der Waals surface area contributed by atoms with E-state index in [0.717, 1.165) is 6.07 Å². The molecule has 0 saturated carbocycles. The number of ketones is 1. The molecule has 11 nitrogen and oxygen atoms in total. The molecule has 4 rings (SSSR count). The largest absolute Gasteiger partial charge is 0.507 e. The molecule has 0 aliphatic carbocycles. The first-order chi connectivity index (χ1) is 15.7. The molecular formula is C22H24O11. The molecular weight excluding hydrogens is 440 g/mol. The Balaban J connectivity index is 1.60. The Labute approximate surface area is 188 Å². The lowest BCUT2D eigenvalue weighted by Crippen LogP contribution is -2.60. The molecule has 0 radical (unpaired) electrons. The van der Waals surface area contributed by atoms with Crippen LogP contribution in [0.1, 0.15) is 28.4 Å². The lowest BCUT2D eigenvalue weighted by molar-refractivity contribution is -0.277. The summed E-state index contributed by atoms with van der Waals surface area (Å²) < 4.78 is 21.7. The molecule has 33 heavy (non-hydrogen) atoms. The number of carbonyl (C=O) groups is 1. The average Bonchev–Trinajstić information content (AvgIpc) is 2.78. The number of phenols is 2. The highest BCUT2D eigenvalue weighted by atomic mass is 16.7. The number of phenolic OH excluding ortho intramolecular Hbond substituents is 2. The second-order valence-corrected chi connectivity index (χ2v) is 7.80. The van der Waals surface area contributed by atoms with E-state index in [-0.39, 0.29) is 35.0 Å². The summed E-state index contributed by atoms with van der Waals surface area (Å²) in [5.41, 5.74) is 0.456. The van der Waals surface area contributed by atoms with Crippen molar-refractivity contribution >= 4 is 5.78 Å². The number of carbonyl (C=O) groups excluding carboxylic acids is 1. The van der Waals surface area contributed by atoms with E-state index in [0.29, 0.717) is 5.56 Å². The standard InChI is InChI=1S/C22H24O11/c1-30-14-3-2-9(4-11(14)24)15-7-13(26)18-12(25)5-10(6-16(18)32-15)31-22-21(29)20(28)19(27)17(8-23)33-22/h2-6,15,17,19-25,27-29H,7-8H2,1H3/t15?,17?,19-,20-,21?,22-/m1/s1. The van der Waals surface area contributed by atoms with Crippen LogP contribution >= 0.6 is 0 Å². The fourth-order valence-electron chi connectivity index (χ4n) is 3.87. The Morgan fingerprint density at radius 2 is 1.79 bits per heavy atom. The fraction of sp³-hybridized carbons (Fsp3) is 0.409. The molecule has 2 aromatic carbocycles. The summed E-state index contributed by atoms with van der Waals surface area (Å²) in [6, 6.07) is 7.01. The molecule has 6 atom stereocenters. The van der Waals surface area contributed by atoms with Gasteiger partial charge in [-0.3, -0.25) is 4.79 Å². The van der Waals surface area contributed by atoms with E-state index in [1.54, 1.807) is 6.07 Å². The van der Waals surface area contributed by atoms with Gasteiger partial charge in [0.25, 0.3) is 0 Å². The topological polar surface area (TPSA) is 175 Å². The van der Waals surface area contributed by atoms with Gasteiger partial charge in [-0.05, 0) is 17.7 Å². The van der Waals surface area contributed by atoms with Crippen LogP contribution in [0, 0.1) is 0 Å². The van der Waals surface area contributed by atoms with Crippen molar-refractivity contribution in [3.63, 3.8) is 0 Å². The van der Waals surface area contributed by atoms with Crippen LogP contribution in [0.15, 0.2) is 30.3 Å². The summed E-state index contributed by atoms with van der Waals surface area (Å²) in [7, 11) is 1.41. The van der Waals surface area contributed by atoms with Gasteiger partial charge in [0.1, 0.15) is 53.3 Å². The van der Waals surface area contributed by atoms with E-state index in [1.165, 1.54) is 25.3 Å². The van der Waals surface area contributed by atoms with Crippen molar-refractivity contribution in [1.29, 1.82) is 0 Å². The number of aliphatic hydroxyl groups excluding tert-OH is 4. The first-order valence-corrected chi connectivity index (χ1v) is 10.1. The molecule has 2 aromatic rings. The average molecular weight is 464 g/mol. The van der Waals surface area contributed by atoms with Crippen LogP contribution in [-0.2, 0) is 4.74 Å². The smallest absolute Gasteiger partial charge is 0.229 e. The molecule has 0 spiro atoms. The number of fused-ring (bicyclic) bond motifs is 1. The number of ether oxygens (including phenoxy) is 4. The number of rotatable bonds is 5. The monoisotopic (exact) mass is 464 g/mol. The highest BCUT2D eigenvalue weighted by molar-refractivity contribution is 6.02. The van der Waals surface area contributed by atoms with Gasteiger partial charge in [-0.1, -0.05) is 6.07 Å². The van der Waals surface area contributed by atoms with Crippen molar-refractivity contribution < 1.29 is 54.4 Å². The number of aliphatic hydroxyl groups is 4. The number of Topliss-reactive ketones (excluding diaryl/α,β-unsaturated/α-hetero) is 1. The zero-order valence-electron chi connectivity index (χ0n) is 17.5. The van der Waals surface area contributed by atoms with Gasteiger partial charge >= 0.3 is 0 Å². The van der Waals surface area contributed by atoms with Gasteiger partial charge in [-0.2, -0.15) is 0 Å². The van der Waals surface area contributed by atoms with Gasteiger partial charge in [0, 0.05) is 12.1 Å². The molecule has 3 unspecified atom stereocenters. The van der Waals surface area contributed by atoms with Gasteiger partial charge in [-0.25, -0.2) is 0 Å². The van der Waals surface area contributed by atoms with Crippen LogP contribution in [0.4, 0.5) is 0 Å². The normalized spacial score (nSPS) is 29.2. The second kappa shape index (κ2) is 9.04. The minimum Gasteiger partial charge on any atom is -0.507 e. The van der Waals surface area contributed by atoms with Crippen molar-refractivity contribution in [2.45, 2.75) is 43.2 Å². The number of aromatic hydroxyl groups is 2. The number of hydrogen-bond donors (Lipinski definition) is 6. The molecule has 0 bridgehead atoms. The highest BCUT2D eigenvalue weighted by Crippen LogP contribution is 2.43. The minimum absolute atomic E-state index is 0.00569. The van der Waals surface area contributed by atoms with Gasteiger partial charge in [0.2, 0.25) is 6.29 Å². The number of hydrogen-bond acceptors (Lipinski definition) is 11. The third kappa shape index (κ3) is 4.28. The molecule has 2 aliphatic rings. The van der Waals surface area contributed by atoms with Crippen LogP contribution < -0.4 is 14.2 Å². The molecule has 0 aromatic heterocycles. The van der Waals surface area contributed by atoms with E-state index >= 15 is 0 Å². The Kier molecular flexibility index (Phi) is 6.32. The Morgan fingerprint density at radius 3 is 2.45 bits per heavy atom. The van der Waals surface area contributed by atoms with Gasteiger partial charge in [-0.15, -0.1) is 0 Å². The maximum Gasteiger partial charge on any atom is 0.229 e. The zero-order chi connectivity index (χ0) is 23.9. The highest BCUT2D eigenvalue weighted by Gasteiger charge is 2.45. The molecule has 0 amide bonds. The molecule has 1 fully saturated rings. The van der Waals surface area contributed by atoms with E-state index in [2.05, 4.69) is 0 Å². The Hall–Kier alpha value is -3.09. The predicted octanol–water partition coefficient (Wildman–Crippen LogP) is -0.00840. The van der Waals surface area contributed by atoms with Crippen LogP contribution in [0.3, 0.4) is 0 Å². The van der Waals surface area contributed by atoms with Crippen molar-refractivity contribution in [3.05, 3.63) is 41.5 Å². The Bertz CT molecular complexity index is 1040. The van der Waals surface area contributed by atoms with Crippen molar-refractivity contribution in [3.8, 4) is 28.7 Å². The first-order valence-electron chi connectivity index (χ1n) is 10.1. The van der Waals surface area contributed by atoms with Crippen LogP contribution in [0.2, 0.25) is 0 Å².